The van der Waals surface area contributed by atoms with E-state index in [0.29, 0.717) is 0 Å². The van der Waals surface area contributed by atoms with E-state index >= 15 is 0 Å². The lowest BCUT2D eigenvalue weighted by atomic mass is 10.0. The van der Waals surface area contributed by atoms with Crippen molar-refractivity contribution in [3.05, 3.63) is 23.2 Å². The van der Waals surface area contributed by atoms with Crippen LogP contribution in [0.5, 0.6) is 0 Å². The van der Waals surface area contributed by atoms with Crippen LogP contribution in [-0.2, 0) is 13.1 Å². The molecule has 0 aromatic carbocycles. The first-order valence-corrected chi connectivity index (χ1v) is 7.60. The molecule has 2 heterocycles. The lowest BCUT2D eigenvalue weighted by Crippen LogP contribution is -2.53. The van der Waals surface area contributed by atoms with E-state index in [1.165, 1.54) is 5.56 Å². The zero-order valence-corrected chi connectivity index (χ0v) is 13.6. The maximum atomic E-state index is 5.93. The van der Waals surface area contributed by atoms with Gasteiger partial charge in [0.05, 0.1) is 13.1 Å². The van der Waals surface area contributed by atoms with Crippen molar-refractivity contribution in [3.63, 3.8) is 0 Å². The van der Waals surface area contributed by atoms with Crippen LogP contribution in [0.15, 0.2) is 10.5 Å². The van der Waals surface area contributed by atoms with Crippen LogP contribution in [0.2, 0.25) is 0 Å². The summed E-state index contributed by atoms with van der Waals surface area (Å²) in [7, 11) is 1.95. The topological polar surface area (TPSA) is 31.7 Å². The molecule has 0 bridgehead atoms. The molecule has 2 rings (SSSR count). The van der Waals surface area contributed by atoms with Gasteiger partial charge in [-0.15, -0.1) is 0 Å². The van der Waals surface area contributed by atoms with Gasteiger partial charge in [-0.1, -0.05) is 0 Å². The normalized spacial score (nSPS) is 18.6. The van der Waals surface area contributed by atoms with Crippen molar-refractivity contribution in [2.45, 2.75) is 46.3 Å². The van der Waals surface area contributed by atoms with Crippen molar-refractivity contribution in [2.24, 2.45) is 0 Å². The lowest BCUT2D eigenvalue weighted by molar-refractivity contribution is 0.0561. The largest absolute Gasteiger partial charge is 0.463 e. The average Bonchev–Trinajstić information content (AvgIpc) is 2.70. The van der Waals surface area contributed by atoms with Crippen LogP contribution in [0.3, 0.4) is 0 Å². The van der Waals surface area contributed by atoms with Gasteiger partial charge in [-0.05, 0) is 46.4 Å². The van der Waals surface area contributed by atoms with Crippen molar-refractivity contribution in [2.75, 3.05) is 33.2 Å². The summed E-state index contributed by atoms with van der Waals surface area (Å²) < 4.78 is 5.93. The van der Waals surface area contributed by atoms with Gasteiger partial charge in [0.15, 0.2) is 0 Å². The summed E-state index contributed by atoms with van der Waals surface area (Å²) in [6.45, 7) is 15.3. The fourth-order valence-corrected chi connectivity index (χ4v) is 2.80. The number of nitrogens with one attached hydrogen (secondary N) is 1. The molecule has 1 fully saturated rings. The highest BCUT2D eigenvalue weighted by molar-refractivity contribution is 5.20. The molecule has 0 unspecified atom stereocenters. The van der Waals surface area contributed by atoms with Gasteiger partial charge in [0.25, 0.3) is 0 Å². The fraction of sp³-hybridized carbons (Fsp3) is 0.750. The molecule has 1 N–H and O–H groups in total. The summed E-state index contributed by atoms with van der Waals surface area (Å²) in [6, 6.07) is 2.18. The van der Waals surface area contributed by atoms with Crippen LogP contribution in [-0.4, -0.2) is 48.6 Å². The third-order valence-corrected chi connectivity index (χ3v) is 4.11. The van der Waals surface area contributed by atoms with Crippen LogP contribution in [0.1, 0.15) is 37.9 Å². The van der Waals surface area contributed by atoms with E-state index < -0.39 is 0 Å². The molecule has 0 amide bonds. The molecule has 1 aliphatic rings. The minimum Gasteiger partial charge on any atom is -0.463 e. The van der Waals surface area contributed by atoms with Crippen LogP contribution in [0.4, 0.5) is 0 Å². The van der Waals surface area contributed by atoms with E-state index in [0.717, 1.165) is 50.8 Å². The number of piperazine rings is 1. The molecule has 0 saturated carbocycles. The second kappa shape index (κ2) is 6.29. The minimum atomic E-state index is 0.285. The van der Waals surface area contributed by atoms with Crippen LogP contribution in [0, 0.1) is 6.92 Å². The Balaban J connectivity index is 1.88. The maximum absolute atomic E-state index is 5.93. The molecule has 1 aliphatic heterocycles. The van der Waals surface area contributed by atoms with Crippen molar-refractivity contribution >= 4 is 0 Å². The first-order valence-electron chi connectivity index (χ1n) is 7.60. The Labute approximate surface area is 123 Å². The second-order valence-corrected chi connectivity index (χ2v) is 6.78. The molecule has 0 atom stereocenters. The Bertz CT molecular complexity index is 425. The minimum absolute atomic E-state index is 0.285. The lowest BCUT2D eigenvalue weighted by Gasteiger charge is -2.42. The molecule has 1 aromatic heterocycles. The highest BCUT2D eigenvalue weighted by Crippen LogP contribution is 2.19. The van der Waals surface area contributed by atoms with Gasteiger partial charge in [-0.3, -0.25) is 9.80 Å². The van der Waals surface area contributed by atoms with Gasteiger partial charge < -0.3 is 9.73 Å². The molecular weight excluding hydrogens is 250 g/mol. The van der Waals surface area contributed by atoms with Crippen molar-refractivity contribution in [3.8, 4) is 0 Å². The molecule has 20 heavy (non-hydrogen) atoms. The molecule has 0 radical (unpaired) electrons. The maximum Gasteiger partial charge on any atom is 0.120 e. The van der Waals surface area contributed by atoms with Gasteiger partial charge in [0, 0.05) is 31.7 Å². The monoisotopic (exact) mass is 279 g/mol. The number of hydrogen-bond acceptors (Lipinski definition) is 4. The summed E-state index contributed by atoms with van der Waals surface area (Å²) in [5.74, 6) is 2.16. The predicted octanol–water partition coefficient (Wildman–Crippen LogP) is 2.22. The molecule has 1 saturated heterocycles. The first kappa shape index (κ1) is 15.5. The highest BCUT2D eigenvalue weighted by Gasteiger charge is 2.26. The highest BCUT2D eigenvalue weighted by atomic mass is 16.3. The van der Waals surface area contributed by atoms with Crippen molar-refractivity contribution in [1.29, 1.82) is 0 Å². The molecule has 0 aliphatic carbocycles. The smallest absolute Gasteiger partial charge is 0.120 e. The number of furan rings is 1. The zero-order valence-electron chi connectivity index (χ0n) is 13.6. The molecular formula is C16H29N3O. The zero-order chi connectivity index (χ0) is 14.8. The van der Waals surface area contributed by atoms with E-state index in [9.17, 15) is 0 Å². The van der Waals surface area contributed by atoms with Gasteiger partial charge in [0.1, 0.15) is 11.5 Å². The van der Waals surface area contributed by atoms with E-state index in [1.54, 1.807) is 0 Å². The SMILES string of the molecule is CNCc1oc(CN2CCN(C(C)(C)C)CC2)cc1C. The summed E-state index contributed by atoms with van der Waals surface area (Å²) in [5, 5.41) is 3.15. The number of hydrogen-bond donors (Lipinski definition) is 1. The molecule has 4 nitrogen and oxygen atoms in total. The number of nitrogens with zero attached hydrogens (tertiary/aromatic N) is 2. The third-order valence-electron chi connectivity index (χ3n) is 4.11. The van der Waals surface area contributed by atoms with Crippen LogP contribution >= 0.6 is 0 Å². The van der Waals surface area contributed by atoms with Gasteiger partial charge >= 0.3 is 0 Å². The molecule has 114 valence electrons. The van der Waals surface area contributed by atoms with Crippen molar-refractivity contribution in [1.82, 2.24) is 15.1 Å². The quantitative estimate of drug-likeness (QED) is 0.916. The van der Waals surface area contributed by atoms with E-state index in [4.69, 9.17) is 4.42 Å². The van der Waals surface area contributed by atoms with Crippen LogP contribution in [0.25, 0.3) is 0 Å². The molecule has 4 heteroatoms. The van der Waals surface area contributed by atoms with Crippen molar-refractivity contribution < 1.29 is 4.42 Å². The molecule has 0 spiro atoms. The Morgan fingerprint density at radius 2 is 1.85 bits per heavy atom. The summed E-state index contributed by atoms with van der Waals surface area (Å²) in [5.41, 5.74) is 1.54. The Kier molecular flexibility index (Phi) is 4.89. The summed E-state index contributed by atoms with van der Waals surface area (Å²) in [6.07, 6.45) is 0. The fourth-order valence-electron chi connectivity index (χ4n) is 2.80. The Hall–Kier alpha value is -0.840. The van der Waals surface area contributed by atoms with Gasteiger partial charge in [-0.2, -0.15) is 0 Å². The summed E-state index contributed by atoms with van der Waals surface area (Å²) >= 11 is 0. The number of rotatable bonds is 4. The standard InChI is InChI=1S/C16H29N3O/c1-13-10-14(20-15(13)11-17-5)12-18-6-8-19(9-7-18)16(2,3)4/h10,17H,6-9,11-12H2,1-5H3. The number of aryl methyl sites for hydroxylation is 1. The Morgan fingerprint density at radius 1 is 1.20 bits per heavy atom. The van der Waals surface area contributed by atoms with E-state index in [1.807, 2.05) is 7.05 Å². The third kappa shape index (κ3) is 3.84. The second-order valence-electron chi connectivity index (χ2n) is 6.78. The predicted molar refractivity (Wildman–Crippen MR) is 82.8 cm³/mol. The van der Waals surface area contributed by atoms with Crippen LogP contribution < -0.4 is 5.32 Å². The first-order chi connectivity index (χ1) is 9.40. The average molecular weight is 279 g/mol. The van der Waals surface area contributed by atoms with Gasteiger partial charge in [-0.25, -0.2) is 0 Å². The molecule has 1 aromatic rings. The van der Waals surface area contributed by atoms with Gasteiger partial charge in [0.2, 0.25) is 0 Å². The Morgan fingerprint density at radius 3 is 2.40 bits per heavy atom. The van der Waals surface area contributed by atoms with E-state index in [2.05, 4.69) is 48.9 Å². The van der Waals surface area contributed by atoms with E-state index in [-0.39, 0.29) is 5.54 Å². The summed E-state index contributed by atoms with van der Waals surface area (Å²) in [4.78, 5) is 5.05.